The summed E-state index contributed by atoms with van der Waals surface area (Å²) in [6.45, 7) is 8.39. The Morgan fingerprint density at radius 1 is 1.04 bits per heavy atom. The number of hydrogen-bond acceptors (Lipinski definition) is 6. The summed E-state index contributed by atoms with van der Waals surface area (Å²) in [4.78, 5) is 9.02. The van der Waals surface area contributed by atoms with E-state index in [4.69, 9.17) is 0 Å². The van der Waals surface area contributed by atoms with Crippen molar-refractivity contribution in [1.82, 2.24) is 24.7 Å². The van der Waals surface area contributed by atoms with Crippen LogP contribution in [0.5, 0.6) is 0 Å². The largest absolute Gasteiger partial charge is 0.273 e. The Labute approximate surface area is 163 Å². The molecule has 0 radical (unpaired) electrons. The van der Waals surface area contributed by atoms with E-state index in [1.807, 2.05) is 38.1 Å². The van der Waals surface area contributed by atoms with Crippen LogP contribution in [0.25, 0.3) is 5.69 Å². The summed E-state index contributed by atoms with van der Waals surface area (Å²) < 4.78 is 2.15. The van der Waals surface area contributed by atoms with E-state index in [0.29, 0.717) is 11.0 Å². The minimum Gasteiger partial charge on any atom is -0.273 e. The van der Waals surface area contributed by atoms with E-state index in [-0.39, 0.29) is 0 Å². The van der Waals surface area contributed by atoms with Crippen LogP contribution < -0.4 is 0 Å². The molecule has 0 aliphatic rings. The van der Waals surface area contributed by atoms with Gasteiger partial charge in [-0.25, -0.2) is 9.97 Å². The second kappa shape index (κ2) is 8.68. The van der Waals surface area contributed by atoms with Crippen LogP contribution in [0.15, 0.2) is 46.7 Å². The average Bonchev–Trinajstić information content (AvgIpc) is 3.02. The first-order valence-electron chi connectivity index (χ1n) is 8.68. The molecule has 2 heterocycles. The molecule has 26 heavy (non-hydrogen) atoms. The topological polar surface area (TPSA) is 56.5 Å². The van der Waals surface area contributed by atoms with Crippen LogP contribution >= 0.6 is 23.5 Å². The minimum atomic E-state index is 0.491. The van der Waals surface area contributed by atoms with Gasteiger partial charge in [0.2, 0.25) is 0 Å². The summed E-state index contributed by atoms with van der Waals surface area (Å²) in [6.07, 6.45) is 1.09. The van der Waals surface area contributed by atoms with Gasteiger partial charge in [0.1, 0.15) is 5.82 Å². The number of para-hydroxylation sites is 1. The molecule has 0 amide bonds. The number of hydrogen-bond donors (Lipinski definition) is 0. The Hall–Kier alpha value is -1.86. The van der Waals surface area contributed by atoms with Gasteiger partial charge in [-0.2, -0.15) is 0 Å². The zero-order chi connectivity index (χ0) is 18.5. The molecule has 3 aromatic rings. The highest BCUT2D eigenvalue weighted by molar-refractivity contribution is 7.99. The summed E-state index contributed by atoms with van der Waals surface area (Å²) >= 11 is 3.36. The molecule has 5 nitrogen and oxygen atoms in total. The van der Waals surface area contributed by atoms with Crippen LogP contribution in [0, 0.1) is 13.8 Å². The first-order chi connectivity index (χ1) is 12.6. The molecule has 0 bridgehead atoms. The molecular formula is C19H23N5S2. The Morgan fingerprint density at radius 2 is 1.73 bits per heavy atom. The molecule has 0 N–H and O–H groups in total. The molecule has 2 aromatic heterocycles. The summed E-state index contributed by atoms with van der Waals surface area (Å²) in [5.41, 5.74) is 3.05. The van der Waals surface area contributed by atoms with E-state index < -0.39 is 0 Å². The van der Waals surface area contributed by atoms with Gasteiger partial charge in [0.25, 0.3) is 0 Å². The highest BCUT2D eigenvalue weighted by atomic mass is 32.2. The molecule has 136 valence electrons. The SMILES string of the molecule is CC[C@H](C)Sc1nnc(CSc2nc(C)cc(C)n2)n1-c1ccccc1. The number of thioether (sulfide) groups is 2. The zero-order valence-corrected chi connectivity index (χ0v) is 17.1. The van der Waals surface area contributed by atoms with Gasteiger partial charge in [-0.15, -0.1) is 10.2 Å². The highest BCUT2D eigenvalue weighted by Gasteiger charge is 2.17. The predicted molar refractivity (Wildman–Crippen MR) is 108 cm³/mol. The molecule has 0 aliphatic carbocycles. The zero-order valence-electron chi connectivity index (χ0n) is 15.5. The van der Waals surface area contributed by atoms with Crippen LogP contribution in [-0.4, -0.2) is 30.0 Å². The summed E-state index contributed by atoms with van der Waals surface area (Å²) in [6, 6.07) is 12.3. The molecule has 0 unspecified atom stereocenters. The van der Waals surface area contributed by atoms with Crippen LogP contribution in [0.1, 0.15) is 37.5 Å². The molecule has 0 saturated carbocycles. The van der Waals surface area contributed by atoms with Crippen molar-refractivity contribution < 1.29 is 0 Å². The number of nitrogens with zero attached hydrogens (tertiary/aromatic N) is 5. The summed E-state index contributed by atoms with van der Waals surface area (Å²) in [5.74, 6) is 1.58. The molecule has 0 saturated heterocycles. The van der Waals surface area contributed by atoms with Gasteiger partial charge < -0.3 is 0 Å². The van der Waals surface area contributed by atoms with E-state index in [9.17, 15) is 0 Å². The maximum atomic E-state index is 4.51. The summed E-state index contributed by atoms with van der Waals surface area (Å²) in [7, 11) is 0. The lowest BCUT2D eigenvalue weighted by Gasteiger charge is -2.12. The van der Waals surface area contributed by atoms with Crippen molar-refractivity contribution >= 4 is 23.5 Å². The Kier molecular flexibility index (Phi) is 6.32. The lowest BCUT2D eigenvalue weighted by Crippen LogP contribution is -2.04. The first-order valence-corrected chi connectivity index (χ1v) is 10.5. The van der Waals surface area contributed by atoms with Gasteiger partial charge in [-0.05, 0) is 38.5 Å². The highest BCUT2D eigenvalue weighted by Crippen LogP contribution is 2.29. The minimum absolute atomic E-state index is 0.491. The maximum absolute atomic E-state index is 4.51. The second-order valence-electron chi connectivity index (χ2n) is 6.13. The van der Waals surface area contributed by atoms with Crippen molar-refractivity contribution in [3.8, 4) is 5.69 Å². The lowest BCUT2D eigenvalue weighted by atomic mass is 10.3. The van der Waals surface area contributed by atoms with E-state index in [1.54, 1.807) is 23.5 Å². The van der Waals surface area contributed by atoms with Gasteiger partial charge in [0.05, 0.1) is 5.75 Å². The molecule has 1 aromatic carbocycles. The fraction of sp³-hybridized carbons (Fsp3) is 0.368. The first kappa shape index (κ1) is 18.9. The standard InChI is InChI=1S/C19H23N5S2/c1-5-15(4)26-19-23-22-17(24(19)16-9-7-6-8-10-16)12-25-18-20-13(2)11-14(3)21-18/h6-11,15H,5,12H2,1-4H3/t15-/m0/s1. The molecule has 0 aliphatic heterocycles. The van der Waals surface area contributed by atoms with Crippen LogP contribution in [0.2, 0.25) is 0 Å². The number of rotatable bonds is 7. The molecule has 1 atom stereocenters. The van der Waals surface area contributed by atoms with Crippen molar-refractivity contribution in [2.24, 2.45) is 0 Å². The number of aryl methyl sites for hydroxylation is 2. The van der Waals surface area contributed by atoms with Crippen molar-refractivity contribution in [1.29, 1.82) is 0 Å². The Bertz CT molecular complexity index is 843. The average molecular weight is 386 g/mol. The Morgan fingerprint density at radius 3 is 2.38 bits per heavy atom. The fourth-order valence-electron chi connectivity index (χ4n) is 2.46. The number of benzene rings is 1. The molecule has 3 rings (SSSR count). The number of aromatic nitrogens is 5. The fourth-order valence-corrected chi connectivity index (χ4v) is 4.25. The van der Waals surface area contributed by atoms with Gasteiger partial charge in [-0.3, -0.25) is 4.57 Å². The van der Waals surface area contributed by atoms with Crippen molar-refractivity contribution in [2.75, 3.05) is 0 Å². The Balaban J connectivity index is 1.88. The van der Waals surface area contributed by atoms with Crippen LogP contribution in [-0.2, 0) is 5.75 Å². The van der Waals surface area contributed by atoms with E-state index in [0.717, 1.165) is 39.6 Å². The van der Waals surface area contributed by atoms with Crippen molar-refractivity contribution in [3.63, 3.8) is 0 Å². The van der Waals surface area contributed by atoms with E-state index >= 15 is 0 Å². The van der Waals surface area contributed by atoms with Crippen molar-refractivity contribution in [3.05, 3.63) is 53.6 Å². The van der Waals surface area contributed by atoms with Gasteiger partial charge in [0, 0.05) is 22.3 Å². The predicted octanol–water partition coefficient (Wildman–Crippen LogP) is 4.86. The van der Waals surface area contributed by atoms with Crippen LogP contribution in [0.3, 0.4) is 0 Å². The van der Waals surface area contributed by atoms with E-state index in [1.165, 1.54) is 0 Å². The van der Waals surface area contributed by atoms with Gasteiger partial charge in [-0.1, -0.05) is 55.6 Å². The monoisotopic (exact) mass is 385 g/mol. The van der Waals surface area contributed by atoms with Gasteiger partial charge in [0.15, 0.2) is 10.3 Å². The molecule has 0 spiro atoms. The lowest BCUT2D eigenvalue weighted by molar-refractivity contribution is 0.840. The maximum Gasteiger partial charge on any atom is 0.196 e. The van der Waals surface area contributed by atoms with Gasteiger partial charge >= 0.3 is 0 Å². The third kappa shape index (κ3) is 4.65. The smallest absolute Gasteiger partial charge is 0.196 e. The van der Waals surface area contributed by atoms with Crippen LogP contribution in [0.4, 0.5) is 0 Å². The van der Waals surface area contributed by atoms with Crippen molar-refractivity contribution in [2.45, 2.75) is 55.4 Å². The molecule has 0 fully saturated rings. The molecular weight excluding hydrogens is 362 g/mol. The normalized spacial score (nSPS) is 12.3. The molecule has 7 heteroatoms. The van der Waals surface area contributed by atoms with E-state index in [2.05, 4.69) is 50.7 Å². The second-order valence-corrected chi connectivity index (χ2v) is 8.48. The quantitative estimate of drug-likeness (QED) is 0.428. The third-order valence-electron chi connectivity index (χ3n) is 3.89. The third-order valence-corrected chi connectivity index (χ3v) is 5.94. The summed E-state index contributed by atoms with van der Waals surface area (Å²) in [5, 5.41) is 11.1.